The maximum atomic E-state index is 11.6. The standard InChI is InChI=1S/C7H5O7PS/c1-3-2-4(16(9,10)11)6-7-5(3)12-15(8,13-6)14-7/h2H,1H3,(H,9,10,11). The molecule has 0 aromatic heterocycles. The molecular weight excluding hydrogens is 259 g/mol. The number of phosphoric ester groups is 1. The van der Waals surface area contributed by atoms with E-state index >= 15 is 0 Å². The molecule has 0 saturated carbocycles. The topological polar surface area (TPSA) is 99.1 Å². The number of rotatable bonds is 1. The number of phosphoric acid groups is 1. The maximum absolute atomic E-state index is 11.6. The second-order valence-corrected chi connectivity index (χ2v) is 6.21. The molecule has 2 heterocycles. The van der Waals surface area contributed by atoms with E-state index in [1.165, 1.54) is 6.07 Å². The van der Waals surface area contributed by atoms with Gasteiger partial charge in [0.15, 0.2) is 5.75 Å². The first-order chi connectivity index (χ1) is 7.30. The molecule has 1 unspecified atom stereocenters. The molecule has 16 heavy (non-hydrogen) atoms. The molecule has 0 spiro atoms. The summed E-state index contributed by atoms with van der Waals surface area (Å²) in [4.78, 5) is -0.468. The maximum Gasteiger partial charge on any atom is 0.647 e. The van der Waals surface area contributed by atoms with Crippen LogP contribution in [0.1, 0.15) is 5.56 Å². The second kappa shape index (κ2) is 2.53. The van der Waals surface area contributed by atoms with Crippen molar-refractivity contribution < 1.29 is 31.1 Å². The zero-order valence-corrected chi connectivity index (χ0v) is 9.54. The van der Waals surface area contributed by atoms with Gasteiger partial charge in [0.2, 0.25) is 11.5 Å². The Labute approximate surface area is 90.3 Å². The van der Waals surface area contributed by atoms with Crippen molar-refractivity contribution in [2.45, 2.75) is 11.8 Å². The summed E-state index contributed by atoms with van der Waals surface area (Å²) in [6.07, 6.45) is 0. The first-order valence-corrected chi connectivity index (χ1v) is 7.04. The monoisotopic (exact) mass is 264 g/mol. The average molecular weight is 264 g/mol. The highest BCUT2D eigenvalue weighted by atomic mass is 32.2. The summed E-state index contributed by atoms with van der Waals surface area (Å²) in [6.45, 7) is 1.54. The first kappa shape index (κ1) is 9.95. The Morgan fingerprint density at radius 2 is 1.75 bits per heavy atom. The van der Waals surface area contributed by atoms with Crippen LogP contribution in [0.4, 0.5) is 0 Å². The van der Waals surface area contributed by atoms with Gasteiger partial charge in [-0.3, -0.25) is 4.55 Å². The third-order valence-corrected chi connectivity index (χ3v) is 4.31. The highest BCUT2D eigenvalue weighted by Crippen LogP contribution is 2.70. The van der Waals surface area contributed by atoms with Crippen molar-refractivity contribution in [3.05, 3.63) is 11.6 Å². The van der Waals surface area contributed by atoms with Gasteiger partial charge < -0.3 is 13.6 Å². The number of hydrogen-bond acceptors (Lipinski definition) is 6. The molecule has 1 aromatic carbocycles. The predicted molar refractivity (Wildman–Crippen MR) is 50.5 cm³/mol. The van der Waals surface area contributed by atoms with Gasteiger partial charge in [0.1, 0.15) is 4.90 Å². The predicted octanol–water partition coefficient (Wildman–Crippen LogP) is 1.51. The van der Waals surface area contributed by atoms with Crippen LogP contribution in [0.2, 0.25) is 0 Å². The van der Waals surface area contributed by atoms with Crippen molar-refractivity contribution in [2.75, 3.05) is 0 Å². The minimum Gasteiger partial charge on any atom is -0.381 e. The van der Waals surface area contributed by atoms with Crippen molar-refractivity contribution >= 4 is 17.9 Å². The van der Waals surface area contributed by atoms with Gasteiger partial charge in [-0.25, -0.2) is 0 Å². The normalized spacial score (nSPS) is 24.9. The van der Waals surface area contributed by atoms with E-state index in [4.69, 9.17) is 18.1 Å². The van der Waals surface area contributed by atoms with Crippen LogP contribution in [0, 0.1) is 6.92 Å². The highest BCUT2D eigenvalue weighted by Gasteiger charge is 2.53. The smallest absolute Gasteiger partial charge is 0.381 e. The molecular formula is C7H5O7PS. The van der Waals surface area contributed by atoms with E-state index in [2.05, 4.69) is 0 Å². The minimum absolute atomic E-state index is 0.0315. The largest absolute Gasteiger partial charge is 0.647 e. The SMILES string of the molecule is Cc1cc(S(=O)(=O)O)c2c3c1OP(=O)(O2)O3. The molecule has 0 fully saturated rings. The van der Waals surface area contributed by atoms with Gasteiger partial charge in [0.05, 0.1) is 0 Å². The molecule has 3 rings (SSSR count). The minimum atomic E-state index is -4.46. The Balaban J connectivity index is 2.41. The van der Waals surface area contributed by atoms with Crippen molar-refractivity contribution in [1.82, 2.24) is 0 Å². The Morgan fingerprint density at radius 1 is 1.19 bits per heavy atom. The lowest BCUT2D eigenvalue weighted by atomic mass is 10.2. The van der Waals surface area contributed by atoms with Crippen LogP contribution in [-0.2, 0) is 14.7 Å². The summed E-state index contributed by atoms with van der Waals surface area (Å²) < 4.78 is 57.2. The lowest BCUT2D eigenvalue weighted by molar-refractivity contribution is 0.350. The molecule has 2 aliphatic heterocycles. The van der Waals surface area contributed by atoms with Gasteiger partial charge in [-0.2, -0.15) is 13.0 Å². The van der Waals surface area contributed by atoms with Crippen LogP contribution in [-0.4, -0.2) is 13.0 Å². The van der Waals surface area contributed by atoms with Gasteiger partial charge >= 0.3 is 7.82 Å². The molecule has 2 bridgehead atoms. The number of fused-ring (bicyclic) bond motifs is 1. The quantitative estimate of drug-likeness (QED) is 0.606. The zero-order valence-electron chi connectivity index (χ0n) is 7.83. The van der Waals surface area contributed by atoms with Crippen molar-refractivity contribution in [1.29, 1.82) is 0 Å². The third-order valence-electron chi connectivity index (χ3n) is 2.23. The fourth-order valence-electron chi connectivity index (χ4n) is 1.59. The lowest BCUT2D eigenvalue weighted by Gasteiger charge is -2.13. The van der Waals surface area contributed by atoms with E-state index in [1.54, 1.807) is 6.92 Å². The summed E-state index contributed by atoms with van der Waals surface area (Å²) in [6, 6.07) is 1.17. The van der Waals surface area contributed by atoms with Crippen LogP contribution in [0.25, 0.3) is 0 Å². The van der Waals surface area contributed by atoms with Gasteiger partial charge in [-0.15, -0.1) is 0 Å². The van der Waals surface area contributed by atoms with Gasteiger partial charge in [-0.05, 0) is 18.6 Å². The highest BCUT2D eigenvalue weighted by molar-refractivity contribution is 7.86. The molecule has 0 aliphatic carbocycles. The summed E-state index contributed by atoms with van der Waals surface area (Å²) >= 11 is 0. The lowest BCUT2D eigenvalue weighted by Crippen LogP contribution is -2.05. The Hall–Kier alpha value is -1.24. The van der Waals surface area contributed by atoms with E-state index in [-0.39, 0.29) is 17.2 Å². The molecule has 0 amide bonds. The number of benzene rings is 1. The van der Waals surface area contributed by atoms with Gasteiger partial charge in [0, 0.05) is 0 Å². The summed E-state index contributed by atoms with van der Waals surface area (Å²) in [5.74, 6) is -0.0920. The van der Waals surface area contributed by atoms with Crippen molar-refractivity contribution in [3.63, 3.8) is 0 Å². The second-order valence-electron chi connectivity index (χ2n) is 3.38. The zero-order chi connectivity index (χ0) is 11.7. The molecule has 2 aliphatic rings. The number of hydrogen-bond donors (Lipinski definition) is 1. The summed E-state index contributed by atoms with van der Waals surface area (Å²) in [5, 5.41) is 0. The van der Waals surface area contributed by atoms with Gasteiger partial charge in [-0.1, -0.05) is 0 Å². The average Bonchev–Trinajstić information content (AvgIpc) is 2.62. The third kappa shape index (κ3) is 1.12. The Bertz CT molecular complexity index is 662. The summed E-state index contributed by atoms with van der Waals surface area (Å²) in [5.41, 5.74) is 0.396. The van der Waals surface area contributed by atoms with Crippen LogP contribution in [0.3, 0.4) is 0 Å². The van der Waals surface area contributed by atoms with Crippen LogP contribution in [0.15, 0.2) is 11.0 Å². The van der Waals surface area contributed by atoms with E-state index in [0.717, 1.165) is 0 Å². The van der Waals surface area contributed by atoms with Gasteiger partial charge in [0.25, 0.3) is 10.1 Å². The molecule has 9 heteroatoms. The van der Waals surface area contributed by atoms with Crippen LogP contribution < -0.4 is 13.6 Å². The molecule has 7 nitrogen and oxygen atoms in total. The molecule has 0 radical (unpaired) electrons. The van der Waals surface area contributed by atoms with E-state index in [9.17, 15) is 13.0 Å². The molecule has 0 saturated heterocycles. The summed E-state index contributed by atoms with van der Waals surface area (Å²) in [7, 11) is -8.20. The molecule has 1 atom stereocenters. The van der Waals surface area contributed by atoms with Crippen LogP contribution >= 0.6 is 7.82 Å². The fourth-order valence-corrected chi connectivity index (χ4v) is 3.70. The van der Waals surface area contributed by atoms with E-state index in [0.29, 0.717) is 5.56 Å². The molecule has 1 N–H and O–H groups in total. The van der Waals surface area contributed by atoms with Crippen molar-refractivity contribution in [3.8, 4) is 17.2 Å². The number of aryl methyl sites for hydroxylation is 1. The Kier molecular flexibility index (Phi) is 1.57. The van der Waals surface area contributed by atoms with E-state index in [1.807, 2.05) is 0 Å². The Morgan fingerprint density at radius 3 is 2.31 bits per heavy atom. The fraction of sp³-hybridized carbons (Fsp3) is 0.143. The molecule has 1 aromatic rings. The first-order valence-electron chi connectivity index (χ1n) is 4.14. The van der Waals surface area contributed by atoms with Crippen molar-refractivity contribution in [2.24, 2.45) is 0 Å². The van der Waals surface area contributed by atoms with Crippen LogP contribution in [0.5, 0.6) is 17.2 Å². The molecule has 86 valence electrons. The van der Waals surface area contributed by atoms with E-state index < -0.39 is 22.8 Å².